The SMILES string of the molecule is Cc1csc(CC(=O)NNC(=O)CN(Cc2ccco2)Cc2ccco2)n1. The van der Waals surface area contributed by atoms with Gasteiger partial charge in [0.05, 0.1) is 38.6 Å². The van der Waals surface area contributed by atoms with Gasteiger partial charge in [0.2, 0.25) is 5.91 Å². The maximum atomic E-state index is 12.2. The maximum Gasteiger partial charge on any atom is 0.252 e. The molecule has 27 heavy (non-hydrogen) atoms. The lowest BCUT2D eigenvalue weighted by molar-refractivity contribution is -0.129. The van der Waals surface area contributed by atoms with E-state index < -0.39 is 0 Å². The number of aryl methyl sites for hydroxylation is 1. The normalized spacial score (nSPS) is 10.9. The van der Waals surface area contributed by atoms with E-state index in [1.165, 1.54) is 11.3 Å². The summed E-state index contributed by atoms with van der Waals surface area (Å²) in [6.07, 6.45) is 3.29. The molecule has 0 atom stereocenters. The molecular formula is C18H20N4O4S. The average molecular weight is 388 g/mol. The van der Waals surface area contributed by atoms with Gasteiger partial charge in [-0.05, 0) is 31.2 Å². The van der Waals surface area contributed by atoms with Gasteiger partial charge in [0, 0.05) is 11.1 Å². The lowest BCUT2D eigenvalue weighted by atomic mass is 10.3. The fraction of sp³-hybridized carbons (Fsp3) is 0.278. The molecule has 0 spiro atoms. The molecule has 2 amide bonds. The van der Waals surface area contributed by atoms with Crippen LogP contribution in [0.25, 0.3) is 0 Å². The number of carbonyl (C=O) groups excluding carboxylic acids is 2. The predicted molar refractivity (Wildman–Crippen MR) is 98.4 cm³/mol. The summed E-state index contributed by atoms with van der Waals surface area (Å²) in [5.74, 6) is 0.813. The molecular weight excluding hydrogens is 368 g/mol. The summed E-state index contributed by atoms with van der Waals surface area (Å²) in [5, 5.41) is 2.58. The molecule has 0 unspecified atom stereocenters. The Hall–Kier alpha value is -2.91. The molecule has 0 radical (unpaired) electrons. The highest BCUT2D eigenvalue weighted by Gasteiger charge is 2.15. The highest BCUT2D eigenvalue weighted by molar-refractivity contribution is 7.09. The zero-order valence-corrected chi connectivity index (χ0v) is 15.6. The van der Waals surface area contributed by atoms with Gasteiger partial charge >= 0.3 is 0 Å². The van der Waals surface area contributed by atoms with Gasteiger partial charge in [0.25, 0.3) is 5.91 Å². The van der Waals surface area contributed by atoms with Gasteiger partial charge in [0.1, 0.15) is 16.5 Å². The fourth-order valence-electron chi connectivity index (χ4n) is 2.46. The third kappa shape index (κ3) is 6.08. The molecule has 0 aliphatic rings. The molecule has 0 saturated heterocycles. The summed E-state index contributed by atoms with van der Waals surface area (Å²) in [5.41, 5.74) is 5.73. The second kappa shape index (κ2) is 9.15. The molecule has 3 aromatic rings. The summed E-state index contributed by atoms with van der Waals surface area (Å²) in [6.45, 7) is 2.81. The standard InChI is InChI=1S/C18H20N4O4S/c1-13-12-27-18(19-13)8-16(23)20-21-17(24)11-22(9-14-4-2-6-25-14)10-15-5-3-7-26-15/h2-7,12H,8-11H2,1H3,(H,20,23)(H,21,24). The summed E-state index contributed by atoms with van der Waals surface area (Å²) < 4.78 is 10.7. The second-order valence-electron chi connectivity index (χ2n) is 5.96. The van der Waals surface area contributed by atoms with Crippen LogP contribution in [0.15, 0.2) is 51.0 Å². The van der Waals surface area contributed by atoms with E-state index in [2.05, 4.69) is 15.8 Å². The molecule has 0 bridgehead atoms. The molecule has 3 heterocycles. The van der Waals surface area contributed by atoms with Gasteiger partial charge < -0.3 is 8.83 Å². The lowest BCUT2D eigenvalue weighted by Gasteiger charge is -2.19. The molecule has 8 nitrogen and oxygen atoms in total. The number of amides is 2. The van der Waals surface area contributed by atoms with Crippen molar-refractivity contribution in [3.05, 3.63) is 64.4 Å². The highest BCUT2D eigenvalue weighted by atomic mass is 32.1. The monoisotopic (exact) mass is 388 g/mol. The van der Waals surface area contributed by atoms with Crippen molar-refractivity contribution in [2.24, 2.45) is 0 Å². The van der Waals surface area contributed by atoms with Gasteiger partial charge in [-0.15, -0.1) is 11.3 Å². The molecule has 142 valence electrons. The number of hydrogen-bond donors (Lipinski definition) is 2. The van der Waals surface area contributed by atoms with Crippen molar-refractivity contribution in [3.8, 4) is 0 Å². The van der Waals surface area contributed by atoms with Crippen LogP contribution in [-0.4, -0.2) is 28.2 Å². The number of hydrazine groups is 1. The minimum Gasteiger partial charge on any atom is -0.468 e. The minimum absolute atomic E-state index is 0.0675. The van der Waals surface area contributed by atoms with Crippen molar-refractivity contribution in [1.29, 1.82) is 0 Å². The van der Waals surface area contributed by atoms with E-state index in [4.69, 9.17) is 8.83 Å². The van der Waals surface area contributed by atoms with E-state index in [0.717, 1.165) is 17.2 Å². The van der Waals surface area contributed by atoms with Gasteiger partial charge in [-0.3, -0.25) is 25.3 Å². The first kappa shape index (κ1) is 18.9. The van der Waals surface area contributed by atoms with Crippen molar-refractivity contribution in [2.75, 3.05) is 6.54 Å². The van der Waals surface area contributed by atoms with E-state index in [-0.39, 0.29) is 24.8 Å². The van der Waals surface area contributed by atoms with Crippen LogP contribution in [0.1, 0.15) is 22.2 Å². The first-order valence-corrected chi connectivity index (χ1v) is 9.22. The van der Waals surface area contributed by atoms with Gasteiger partial charge in [-0.1, -0.05) is 0 Å². The van der Waals surface area contributed by atoms with Crippen LogP contribution in [0.4, 0.5) is 0 Å². The number of carbonyl (C=O) groups is 2. The molecule has 0 saturated carbocycles. The lowest BCUT2D eigenvalue weighted by Crippen LogP contribution is -2.46. The van der Waals surface area contributed by atoms with E-state index in [1.807, 2.05) is 29.3 Å². The van der Waals surface area contributed by atoms with E-state index in [9.17, 15) is 9.59 Å². The van der Waals surface area contributed by atoms with E-state index >= 15 is 0 Å². The number of hydrogen-bond acceptors (Lipinski definition) is 7. The molecule has 0 aliphatic heterocycles. The third-order valence-electron chi connectivity index (χ3n) is 3.61. The Morgan fingerprint density at radius 3 is 2.22 bits per heavy atom. The molecule has 0 fully saturated rings. The Balaban J connectivity index is 1.49. The summed E-state index contributed by atoms with van der Waals surface area (Å²) in [6, 6.07) is 7.26. The molecule has 0 aliphatic carbocycles. The topological polar surface area (TPSA) is 101 Å². The Bertz CT molecular complexity index is 822. The van der Waals surface area contributed by atoms with Crippen molar-refractivity contribution < 1.29 is 18.4 Å². The van der Waals surface area contributed by atoms with Crippen LogP contribution in [0.3, 0.4) is 0 Å². The van der Waals surface area contributed by atoms with Crippen molar-refractivity contribution in [2.45, 2.75) is 26.4 Å². The molecule has 0 aromatic carbocycles. The zero-order valence-electron chi connectivity index (χ0n) is 14.8. The first-order chi connectivity index (χ1) is 13.1. The van der Waals surface area contributed by atoms with Crippen molar-refractivity contribution in [3.63, 3.8) is 0 Å². The second-order valence-corrected chi connectivity index (χ2v) is 6.90. The van der Waals surface area contributed by atoms with Crippen molar-refractivity contribution >= 4 is 23.2 Å². The van der Waals surface area contributed by atoms with E-state index in [0.29, 0.717) is 18.1 Å². The number of nitrogens with zero attached hydrogens (tertiary/aromatic N) is 2. The zero-order chi connectivity index (χ0) is 19.1. The Labute approximate surface area is 160 Å². The summed E-state index contributed by atoms with van der Waals surface area (Å²) >= 11 is 1.41. The van der Waals surface area contributed by atoms with Crippen LogP contribution in [0.2, 0.25) is 0 Å². The number of rotatable bonds is 8. The molecule has 3 aromatic heterocycles. The largest absolute Gasteiger partial charge is 0.468 e. The Kier molecular flexibility index (Phi) is 6.39. The highest BCUT2D eigenvalue weighted by Crippen LogP contribution is 2.11. The number of nitrogens with one attached hydrogen (secondary N) is 2. The third-order valence-corrected chi connectivity index (χ3v) is 4.57. The minimum atomic E-state index is -0.336. The quantitative estimate of drug-likeness (QED) is 0.573. The number of thiazole rings is 1. The van der Waals surface area contributed by atoms with E-state index in [1.54, 1.807) is 24.7 Å². The van der Waals surface area contributed by atoms with Gasteiger partial charge in [0.15, 0.2) is 0 Å². The van der Waals surface area contributed by atoms with Gasteiger partial charge in [-0.2, -0.15) is 0 Å². The number of aromatic nitrogens is 1. The molecule has 2 N–H and O–H groups in total. The summed E-state index contributed by atoms with van der Waals surface area (Å²) in [4.78, 5) is 30.2. The van der Waals surface area contributed by atoms with Crippen LogP contribution in [0.5, 0.6) is 0 Å². The number of furan rings is 2. The molecule has 3 rings (SSSR count). The molecule has 9 heteroatoms. The van der Waals surface area contributed by atoms with Crippen LogP contribution >= 0.6 is 11.3 Å². The van der Waals surface area contributed by atoms with Crippen LogP contribution in [0, 0.1) is 6.92 Å². The van der Waals surface area contributed by atoms with Crippen molar-refractivity contribution in [1.82, 2.24) is 20.7 Å². The Morgan fingerprint density at radius 1 is 1.07 bits per heavy atom. The van der Waals surface area contributed by atoms with Crippen LogP contribution in [-0.2, 0) is 29.1 Å². The predicted octanol–water partition coefficient (Wildman–Crippen LogP) is 2.03. The maximum absolute atomic E-state index is 12.2. The fourth-order valence-corrected chi connectivity index (χ4v) is 3.23. The average Bonchev–Trinajstić information content (AvgIpc) is 3.37. The first-order valence-electron chi connectivity index (χ1n) is 8.34. The van der Waals surface area contributed by atoms with Crippen LogP contribution < -0.4 is 10.9 Å². The smallest absolute Gasteiger partial charge is 0.252 e. The Morgan fingerprint density at radius 2 is 1.70 bits per heavy atom. The van der Waals surface area contributed by atoms with Gasteiger partial charge in [-0.25, -0.2) is 4.98 Å². The summed E-state index contributed by atoms with van der Waals surface area (Å²) in [7, 11) is 0.